The van der Waals surface area contributed by atoms with Crippen LogP contribution in [0.1, 0.15) is 28.8 Å². The van der Waals surface area contributed by atoms with Crippen LogP contribution in [-0.4, -0.2) is 40.2 Å². The number of β-amino-alcohol motifs (C(OH)–C–C–N with tert-alkyl or cyclic N) is 1. The number of likely N-dealkylation sites (tertiary alicyclic amines) is 1. The molecule has 1 aliphatic heterocycles. The molecule has 1 saturated heterocycles. The van der Waals surface area contributed by atoms with Crippen LogP contribution in [-0.2, 0) is 0 Å². The molecule has 2 N–H and O–H groups in total. The molecule has 0 aromatic heterocycles. The Morgan fingerprint density at radius 1 is 1.41 bits per heavy atom. The average Bonchev–Trinajstić information content (AvgIpc) is 2.26. The van der Waals surface area contributed by atoms with E-state index in [9.17, 15) is 15.0 Å². The van der Waals surface area contributed by atoms with E-state index in [1.54, 1.807) is 17.0 Å². The van der Waals surface area contributed by atoms with Gasteiger partial charge in [-0.05, 0) is 43.5 Å². The molecular formula is C13H17NO3. The summed E-state index contributed by atoms with van der Waals surface area (Å²) >= 11 is 0. The fourth-order valence-electron chi connectivity index (χ4n) is 2.21. The Labute approximate surface area is 100 Å². The lowest BCUT2D eigenvalue weighted by atomic mass is 10.1. The van der Waals surface area contributed by atoms with Crippen molar-refractivity contribution in [3.05, 3.63) is 29.3 Å². The fourth-order valence-corrected chi connectivity index (χ4v) is 2.21. The highest BCUT2D eigenvalue weighted by Gasteiger charge is 2.23. The van der Waals surface area contributed by atoms with Crippen LogP contribution >= 0.6 is 0 Å². The molecule has 0 radical (unpaired) electrons. The molecule has 1 fully saturated rings. The van der Waals surface area contributed by atoms with E-state index >= 15 is 0 Å². The van der Waals surface area contributed by atoms with Crippen molar-refractivity contribution >= 4 is 5.91 Å². The Morgan fingerprint density at radius 3 is 2.82 bits per heavy atom. The van der Waals surface area contributed by atoms with Crippen LogP contribution in [0.2, 0.25) is 0 Å². The van der Waals surface area contributed by atoms with Gasteiger partial charge >= 0.3 is 0 Å². The topological polar surface area (TPSA) is 60.8 Å². The number of phenols is 1. The van der Waals surface area contributed by atoms with Crippen LogP contribution in [0.15, 0.2) is 18.2 Å². The monoisotopic (exact) mass is 235 g/mol. The maximum atomic E-state index is 12.2. The summed E-state index contributed by atoms with van der Waals surface area (Å²) in [5.74, 6) is -0.0198. The highest BCUT2D eigenvalue weighted by atomic mass is 16.3. The molecule has 4 heteroatoms. The standard InChI is InChI=1S/C13H17NO3/c1-9-5-10(7-12(16)6-9)13(17)14-4-2-3-11(15)8-14/h5-7,11,15-16H,2-4,8H2,1H3. The second-order valence-corrected chi connectivity index (χ2v) is 4.60. The first-order chi connectivity index (χ1) is 8.06. The van der Waals surface area contributed by atoms with E-state index in [1.807, 2.05) is 6.92 Å². The molecule has 2 rings (SSSR count). The lowest BCUT2D eigenvalue weighted by molar-refractivity contribution is 0.0473. The third-order valence-corrected chi connectivity index (χ3v) is 2.99. The maximum Gasteiger partial charge on any atom is 0.254 e. The van der Waals surface area contributed by atoms with Crippen molar-refractivity contribution in [1.29, 1.82) is 0 Å². The lowest BCUT2D eigenvalue weighted by Gasteiger charge is -2.30. The largest absolute Gasteiger partial charge is 0.508 e. The van der Waals surface area contributed by atoms with Gasteiger partial charge in [-0.15, -0.1) is 0 Å². The van der Waals surface area contributed by atoms with Crippen molar-refractivity contribution in [3.63, 3.8) is 0 Å². The van der Waals surface area contributed by atoms with Crippen LogP contribution in [0.3, 0.4) is 0 Å². The highest BCUT2D eigenvalue weighted by molar-refractivity contribution is 5.94. The number of phenolic OH excluding ortho intramolecular Hbond substituents is 1. The molecule has 0 bridgehead atoms. The molecule has 0 spiro atoms. The summed E-state index contributed by atoms with van der Waals surface area (Å²) in [6, 6.07) is 4.83. The molecule has 92 valence electrons. The van der Waals surface area contributed by atoms with Gasteiger partial charge in [-0.1, -0.05) is 0 Å². The third kappa shape index (κ3) is 2.77. The Morgan fingerprint density at radius 2 is 2.18 bits per heavy atom. The zero-order valence-corrected chi connectivity index (χ0v) is 9.89. The molecule has 1 atom stereocenters. The summed E-state index contributed by atoms with van der Waals surface area (Å²) in [6.45, 7) is 2.89. The first-order valence-corrected chi connectivity index (χ1v) is 5.84. The quantitative estimate of drug-likeness (QED) is 0.771. The molecule has 17 heavy (non-hydrogen) atoms. The average molecular weight is 235 g/mol. The van der Waals surface area contributed by atoms with Crippen molar-refractivity contribution in [2.24, 2.45) is 0 Å². The zero-order valence-electron chi connectivity index (χ0n) is 9.89. The van der Waals surface area contributed by atoms with Gasteiger partial charge in [0.25, 0.3) is 5.91 Å². The number of aryl methyl sites for hydroxylation is 1. The SMILES string of the molecule is Cc1cc(O)cc(C(=O)N2CCCC(O)C2)c1. The smallest absolute Gasteiger partial charge is 0.254 e. The predicted molar refractivity (Wildman–Crippen MR) is 64.0 cm³/mol. The molecule has 0 saturated carbocycles. The first kappa shape index (κ1) is 11.9. The molecule has 1 aliphatic rings. The second-order valence-electron chi connectivity index (χ2n) is 4.60. The number of hydrogen-bond acceptors (Lipinski definition) is 3. The first-order valence-electron chi connectivity index (χ1n) is 5.84. The Balaban J connectivity index is 2.18. The highest BCUT2D eigenvalue weighted by Crippen LogP contribution is 2.19. The summed E-state index contributed by atoms with van der Waals surface area (Å²) in [6.07, 6.45) is 1.15. The minimum absolute atomic E-state index is 0.103. The number of aromatic hydroxyl groups is 1. The number of amides is 1. The number of hydrogen-bond donors (Lipinski definition) is 2. The zero-order chi connectivity index (χ0) is 12.4. The summed E-state index contributed by atoms with van der Waals surface area (Å²) in [7, 11) is 0. The van der Waals surface area contributed by atoms with Crippen LogP contribution in [0.25, 0.3) is 0 Å². The van der Waals surface area contributed by atoms with Crippen LogP contribution in [0, 0.1) is 6.92 Å². The Hall–Kier alpha value is -1.55. The van der Waals surface area contributed by atoms with Gasteiger partial charge in [0, 0.05) is 18.7 Å². The minimum atomic E-state index is -0.425. The van der Waals surface area contributed by atoms with Crippen molar-refractivity contribution < 1.29 is 15.0 Å². The third-order valence-electron chi connectivity index (χ3n) is 2.99. The van der Waals surface area contributed by atoms with Crippen molar-refractivity contribution in [1.82, 2.24) is 4.90 Å². The number of aliphatic hydroxyl groups is 1. The molecule has 1 aromatic carbocycles. The van der Waals surface area contributed by atoms with Crippen molar-refractivity contribution in [2.45, 2.75) is 25.9 Å². The molecule has 1 aromatic rings. The van der Waals surface area contributed by atoms with Gasteiger partial charge in [-0.3, -0.25) is 4.79 Å². The number of benzene rings is 1. The van der Waals surface area contributed by atoms with Gasteiger partial charge < -0.3 is 15.1 Å². The van der Waals surface area contributed by atoms with Gasteiger partial charge in [0.1, 0.15) is 5.75 Å². The maximum absolute atomic E-state index is 12.2. The number of nitrogens with zero attached hydrogens (tertiary/aromatic N) is 1. The van der Waals surface area contributed by atoms with E-state index in [1.165, 1.54) is 6.07 Å². The van der Waals surface area contributed by atoms with Crippen LogP contribution < -0.4 is 0 Å². The summed E-state index contributed by atoms with van der Waals surface area (Å²) < 4.78 is 0. The van der Waals surface area contributed by atoms with Gasteiger partial charge in [0.2, 0.25) is 0 Å². The minimum Gasteiger partial charge on any atom is -0.508 e. The van der Waals surface area contributed by atoms with E-state index < -0.39 is 6.10 Å². The number of rotatable bonds is 1. The normalized spacial score (nSPS) is 20.4. The second kappa shape index (κ2) is 4.75. The summed E-state index contributed by atoms with van der Waals surface area (Å²) in [5.41, 5.74) is 1.34. The molecule has 1 unspecified atom stereocenters. The predicted octanol–water partition coefficient (Wildman–Crippen LogP) is 1.30. The van der Waals surface area contributed by atoms with Gasteiger partial charge in [-0.25, -0.2) is 0 Å². The number of aliphatic hydroxyl groups excluding tert-OH is 1. The summed E-state index contributed by atoms with van der Waals surface area (Å²) in [4.78, 5) is 13.8. The van der Waals surface area contributed by atoms with E-state index in [4.69, 9.17) is 0 Å². The number of carbonyl (C=O) groups excluding carboxylic acids is 1. The van der Waals surface area contributed by atoms with E-state index in [0.717, 1.165) is 18.4 Å². The van der Waals surface area contributed by atoms with Crippen molar-refractivity contribution in [3.8, 4) is 5.75 Å². The van der Waals surface area contributed by atoms with Gasteiger partial charge in [-0.2, -0.15) is 0 Å². The Kier molecular flexibility index (Phi) is 3.33. The van der Waals surface area contributed by atoms with E-state index in [0.29, 0.717) is 18.7 Å². The summed E-state index contributed by atoms with van der Waals surface area (Å²) in [5, 5.41) is 19.0. The Bertz CT molecular complexity index is 410. The molecule has 0 aliphatic carbocycles. The lowest BCUT2D eigenvalue weighted by Crippen LogP contribution is -2.42. The molecule has 4 nitrogen and oxygen atoms in total. The molecule has 1 heterocycles. The van der Waals surface area contributed by atoms with E-state index in [2.05, 4.69) is 0 Å². The molecule has 1 amide bonds. The van der Waals surface area contributed by atoms with Gasteiger partial charge in [0.15, 0.2) is 0 Å². The van der Waals surface area contributed by atoms with Crippen LogP contribution in [0.4, 0.5) is 0 Å². The van der Waals surface area contributed by atoms with Crippen molar-refractivity contribution in [2.75, 3.05) is 13.1 Å². The van der Waals surface area contributed by atoms with Gasteiger partial charge in [0.05, 0.1) is 6.10 Å². The number of piperidine rings is 1. The fraction of sp³-hybridized carbons (Fsp3) is 0.462. The van der Waals surface area contributed by atoms with Crippen LogP contribution in [0.5, 0.6) is 5.75 Å². The number of carbonyl (C=O) groups is 1. The molecular weight excluding hydrogens is 218 g/mol. The van der Waals surface area contributed by atoms with E-state index in [-0.39, 0.29) is 11.7 Å².